The fraction of sp³-hybridized carbons (Fsp3) is 0.217. The molecule has 2 heteroatoms. The van der Waals surface area contributed by atoms with Crippen molar-refractivity contribution >= 4 is 5.69 Å². The van der Waals surface area contributed by atoms with E-state index in [1.807, 2.05) is 24.3 Å². The lowest BCUT2D eigenvalue weighted by atomic mass is 10.0. The summed E-state index contributed by atoms with van der Waals surface area (Å²) in [4.78, 5) is 0. The molecule has 0 spiro atoms. The van der Waals surface area contributed by atoms with Gasteiger partial charge in [0, 0.05) is 6.54 Å². The monoisotopic (exact) mass is 331 g/mol. The van der Waals surface area contributed by atoms with Crippen molar-refractivity contribution in [3.63, 3.8) is 0 Å². The van der Waals surface area contributed by atoms with Crippen LogP contribution in [0.15, 0.2) is 78.9 Å². The van der Waals surface area contributed by atoms with E-state index in [0.29, 0.717) is 5.92 Å². The normalized spacial score (nSPS) is 10.7. The molecule has 0 radical (unpaired) electrons. The first kappa shape index (κ1) is 17.1. The van der Waals surface area contributed by atoms with Crippen LogP contribution < -0.4 is 10.1 Å². The molecule has 3 aromatic carbocycles. The number of rotatable bonds is 7. The third-order valence-electron chi connectivity index (χ3n) is 4.00. The smallest absolute Gasteiger partial charge is 0.142 e. The third kappa shape index (κ3) is 4.87. The van der Waals surface area contributed by atoms with Gasteiger partial charge in [0.05, 0.1) is 12.3 Å². The lowest BCUT2D eigenvalue weighted by Gasteiger charge is -2.14. The van der Waals surface area contributed by atoms with Crippen molar-refractivity contribution in [1.82, 2.24) is 0 Å². The van der Waals surface area contributed by atoms with E-state index >= 15 is 0 Å². The number of para-hydroxylation sites is 2. The quantitative estimate of drug-likeness (QED) is 0.573. The Morgan fingerprint density at radius 1 is 0.760 bits per heavy atom. The minimum absolute atomic E-state index is 0.513. The summed E-state index contributed by atoms with van der Waals surface area (Å²) in [5, 5.41) is 3.49. The van der Waals surface area contributed by atoms with E-state index in [-0.39, 0.29) is 0 Å². The highest BCUT2D eigenvalue weighted by Crippen LogP contribution is 2.25. The first-order valence-electron chi connectivity index (χ1n) is 8.82. The lowest BCUT2D eigenvalue weighted by Crippen LogP contribution is -2.07. The topological polar surface area (TPSA) is 21.3 Å². The molecule has 0 saturated carbocycles. The molecule has 1 N–H and O–H groups in total. The van der Waals surface area contributed by atoms with Crippen molar-refractivity contribution in [1.29, 1.82) is 0 Å². The number of nitrogens with one attached hydrogen (secondary N) is 1. The molecule has 25 heavy (non-hydrogen) atoms. The van der Waals surface area contributed by atoms with E-state index in [9.17, 15) is 0 Å². The Balaban J connectivity index is 1.64. The van der Waals surface area contributed by atoms with E-state index in [0.717, 1.165) is 24.6 Å². The van der Waals surface area contributed by atoms with Crippen molar-refractivity contribution in [2.75, 3.05) is 11.9 Å². The van der Waals surface area contributed by atoms with Gasteiger partial charge >= 0.3 is 0 Å². The molecule has 3 aromatic rings. The molecule has 0 saturated heterocycles. The van der Waals surface area contributed by atoms with E-state index in [1.165, 1.54) is 16.7 Å². The largest absolute Gasteiger partial charge is 0.491 e. The van der Waals surface area contributed by atoms with Crippen LogP contribution in [0.5, 0.6) is 5.75 Å². The zero-order chi connectivity index (χ0) is 17.5. The van der Waals surface area contributed by atoms with Gasteiger partial charge in [-0.15, -0.1) is 0 Å². The summed E-state index contributed by atoms with van der Waals surface area (Å²) >= 11 is 0. The second-order valence-electron chi connectivity index (χ2n) is 6.62. The summed E-state index contributed by atoms with van der Waals surface area (Å²) in [5.41, 5.74) is 4.77. The van der Waals surface area contributed by atoms with Crippen molar-refractivity contribution in [3.05, 3.63) is 84.4 Å². The second-order valence-corrected chi connectivity index (χ2v) is 6.62. The molecule has 2 nitrogen and oxygen atoms in total. The van der Waals surface area contributed by atoms with Gasteiger partial charge in [0.15, 0.2) is 0 Å². The van der Waals surface area contributed by atoms with Crippen LogP contribution in [0.2, 0.25) is 0 Å². The minimum atomic E-state index is 0.513. The fourth-order valence-electron chi connectivity index (χ4n) is 2.64. The Kier molecular flexibility index (Phi) is 5.73. The molecule has 0 heterocycles. The van der Waals surface area contributed by atoms with Crippen LogP contribution in [-0.4, -0.2) is 6.61 Å². The van der Waals surface area contributed by atoms with Gasteiger partial charge in [0.1, 0.15) is 5.75 Å². The van der Waals surface area contributed by atoms with Crippen LogP contribution in [0.4, 0.5) is 5.69 Å². The highest BCUT2D eigenvalue weighted by atomic mass is 16.5. The highest BCUT2D eigenvalue weighted by molar-refractivity contribution is 5.63. The average molecular weight is 331 g/mol. The van der Waals surface area contributed by atoms with Crippen molar-refractivity contribution in [2.45, 2.75) is 20.4 Å². The van der Waals surface area contributed by atoms with E-state index in [4.69, 9.17) is 4.74 Å². The van der Waals surface area contributed by atoms with Gasteiger partial charge < -0.3 is 10.1 Å². The van der Waals surface area contributed by atoms with Gasteiger partial charge in [-0.25, -0.2) is 0 Å². The number of hydrogen-bond donors (Lipinski definition) is 1. The fourth-order valence-corrected chi connectivity index (χ4v) is 2.64. The number of anilines is 1. The summed E-state index contributed by atoms with van der Waals surface area (Å²) < 4.78 is 5.90. The summed E-state index contributed by atoms with van der Waals surface area (Å²) in [6.07, 6.45) is 0. The van der Waals surface area contributed by atoms with Crippen molar-refractivity contribution in [2.24, 2.45) is 5.92 Å². The Bertz CT molecular complexity index is 779. The molecule has 0 fully saturated rings. The molecular weight excluding hydrogens is 306 g/mol. The van der Waals surface area contributed by atoms with E-state index in [2.05, 4.69) is 73.8 Å². The number of hydrogen-bond acceptors (Lipinski definition) is 2. The van der Waals surface area contributed by atoms with Crippen molar-refractivity contribution < 1.29 is 4.74 Å². The standard InChI is InChI=1S/C23H25NO/c1-18(2)17-25-23-11-7-6-10-22(23)24-16-19-12-14-21(15-13-19)20-8-4-3-5-9-20/h3-15,18,24H,16-17H2,1-2H3. The summed E-state index contributed by atoms with van der Waals surface area (Å²) in [6, 6.07) is 27.3. The third-order valence-corrected chi connectivity index (χ3v) is 4.00. The predicted molar refractivity (Wildman–Crippen MR) is 106 cm³/mol. The molecule has 0 bridgehead atoms. The Hall–Kier alpha value is -2.74. The van der Waals surface area contributed by atoms with E-state index in [1.54, 1.807) is 0 Å². The summed E-state index contributed by atoms with van der Waals surface area (Å²) in [5.74, 6) is 1.43. The van der Waals surface area contributed by atoms with Gasteiger partial charge in [-0.05, 0) is 34.7 Å². The van der Waals surface area contributed by atoms with Gasteiger partial charge in [-0.1, -0.05) is 80.6 Å². The molecule has 0 aliphatic heterocycles. The van der Waals surface area contributed by atoms with Crippen LogP contribution in [0.25, 0.3) is 11.1 Å². The summed E-state index contributed by atoms with van der Waals surface area (Å²) in [7, 11) is 0. The zero-order valence-electron chi connectivity index (χ0n) is 14.9. The molecular formula is C23H25NO. The van der Waals surface area contributed by atoms with Crippen molar-refractivity contribution in [3.8, 4) is 16.9 Å². The predicted octanol–water partition coefficient (Wildman–Crippen LogP) is 6.00. The SMILES string of the molecule is CC(C)COc1ccccc1NCc1ccc(-c2ccccc2)cc1. The molecule has 128 valence electrons. The first-order chi connectivity index (χ1) is 12.2. The molecule has 0 unspecified atom stereocenters. The van der Waals surface area contributed by atoms with Gasteiger partial charge in [-0.3, -0.25) is 0 Å². The Morgan fingerprint density at radius 3 is 2.12 bits per heavy atom. The molecule has 3 rings (SSSR count). The van der Waals surface area contributed by atoms with Crippen LogP contribution in [0, 0.1) is 5.92 Å². The number of benzene rings is 3. The average Bonchev–Trinajstić information content (AvgIpc) is 2.66. The maximum absolute atomic E-state index is 5.90. The van der Waals surface area contributed by atoms with Crippen LogP contribution in [0.3, 0.4) is 0 Å². The maximum Gasteiger partial charge on any atom is 0.142 e. The minimum Gasteiger partial charge on any atom is -0.491 e. The maximum atomic E-state index is 5.90. The molecule has 0 aliphatic carbocycles. The highest BCUT2D eigenvalue weighted by Gasteiger charge is 2.04. The lowest BCUT2D eigenvalue weighted by molar-refractivity contribution is 0.272. The number of ether oxygens (including phenoxy) is 1. The zero-order valence-corrected chi connectivity index (χ0v) is 14.9. The van der Waals surface area contributed by atoms with E-state index < -0.39 is 0 Å². The Morgan fingerprint density at radius 2 is 1.40 bits per heavy atom. The molecule has 0 amide bonds. The molecule has 0 atom stereocenters. The van der Waals surface area contributed by atoms with Crippen LogP contribution in [0.1, 0.15) is 19.4 Å². The molecule has 0 aliphatic rings. The van der Waals surface area contributed by atoms with Gasteiger partial charge in [-0.2, -0.15) is 0 Å². The first-order valence-corrected chi connectivity index (χ1v) is 8.82. The summed E-state index contributed by atoms with van der Waals surface area (Å²) in [6.45, 7) is 5.82. The van der Waals surface area contributed by atoms with Crippen LogP contribution in [-0.2, 0) is 6.54 Å². The molecule has 0 aromatic heterocycles. The second kappa shape index (κ2) is 8.39. The van der Waals surface area contributed by atoms with Crippen LogP contribution >= 0.6 is 0 Å². The van der Waals surface area contributed by atoms with Gasteiger partial charge in [0.2, 0.25) is 0 Å². The Labute approximate surface area is 150 Å². The van der Waals surface area contributed by atoms with Gasteiger partial charge in [0.25, 0.3) is 0 Å².